The lowest BCUT2D eigenvalue weighted by molar-refractivity contribution is -0.139. The molecule has 0 saturated heterocycles. The molecule has 0 spiro atoms. The molecule has 37 heavy (non-hydrogen) atoms. The fourth-order valence-electron chi connectivity index (χ4n) is 3.53. The Hall–Kier alpha value is -3.86. The van der Waals surface area contributed by atoms with Crippen LogP contribution in [0.2, 0.25) is 0 Å². The van der Waals surface area contributed by atoms with Crippen LogP contribution in [0, 0.1) is 0 Å². The van der Waals surface area contributed by atoms with Gasteiger partial charge in [0, 0.05) is 22.3 Å². The Bertz CT molecular complexity index is 1280. The van der Waals surface area contributed by atoms with Gasteiger partial charge in [0.2, 0.25) is 5.91 Å². The van der Waals surface area contributed by atoms with Gasteiger partial charge in [-0.25, -0.2) is 0 Å². The van der Waals surface area contributed by atoms with Gasteiger partial charge in [-0.05, 0) is 59.7 Å². The lowest BCUT2D eigenvalue weighted by Crippen LogP contribution is -2.35. The molecule has 0 aliphatic rings. The van der Waals surface area contributed by atoms with Crippen LogP contribution in [0.4, 0.5) is 18.9 Å². The van der Waals surface area contributed by atoms with Crippen LogP contribution < -0.4 is 10.1 Å². The number of nitrogens with zero attached hydrogens (tertiary/aromatic N) is 1. The summed E-state index contributed by atoms with van der Waals surface area (Å²) in [5.74, 6) is -2.37. The summed E-state index contributed by atoms with van der Waals surface area (Å²) in [5.41, 5.74) is 0.00715. The number of rotatable bonds is 9. The second-order valence-corrected chi connectivity index (χ2v) is 8.92. The first-order valence-corrected chi connectivity index (χ1v) is 11.6. The van der Waals surface area contributed by atoms with Crippen molar-refractivity contribution in [2.24, 2.45) is 0 Å². The fourth-order valence-corrected chi connectivity index (χ4v) is 3.79. The van der Waals surface area contributed by atoms with Crippen molar-refractivity contribution in [1.82, 2.24) is 4.90 Å². The van der Waals surface area contributed by atoms with E-state index in [4.69, 9.17) is 4.74 Å². The highest BCUT2D eigenvalue weighted by atomic mass is 79.9. The van der Waals surface area contributed by atoms with E-state index in [-0.39, 0.29) is 29.1 Å². The average Bonchev–Trinajstić information content (AvgIpc) is 2.84. The van der Waals surface area contributed by atoms with Crippen LogP contribution in [0.15, 0.2) is 71.2 Å². The van der Waals surface area contributed by atoms with E-state index in [1.165, 1.54) is 48.4 Å². The van der Waals surface area contributed by atoms with E-state index >= 15 is 0 Å². The molecule has 0 unspecified atom stereocenters. The van der Waals surface area contributed by atoms with Crippen LogP contribution in [0.25, 0.3) is 0 Å². The Morgan fingerprint density at radius 2 is 1.65 bits per heavy atom. The molecule has 3 aromatic rings. The summed E-state index contributed by atoms with van der Waals surface area (Å²) in [5, 5.41) is 11.7. The van der Waals surface area contributed by atoms with E-state index in [1.807, 2.05) is 0 Å². The molecule has 0 radical (unpaired) electrons. The Kier molecular flexibility index (Phi) is 8.93. The van der Waals surface area contributed by atoms with Gasteiger partial charge in [0.05, 0.1) is 19.1 Å². The number of hydrogen-bond donors (Lipinski definition) is 2. The molecule has 2 amide bonds. The van der Waals surface area contributed by atoms with E-state index < -0.39 is 42.5 Å². The van der Waals surface area contributed by atoms with Gasteiger partial charge >= 0.3 is 12.1 Å². The van der Waals surface area contributed by atoms with Crippen molar-refractivity contribution >= 4 is 39.4 Å². The molecule has 0 fully saturated rings. The number of amides is 2. The van der Waals surface area contributed by atoms with E-state index in [2.05, 4.69) is 21.2 Å². The first-order valence-electron chi connectivity index (χ1n) is 10.9. The van der Waals surface area contributed by atoms with Crippen molar-refractivity contribution in [1.29, 1.82) is 0 Å². The van der Waals surface area contributed by atoms with Crippen LogP contribution in [0.1, 0.15) is 27.0 Å². The highest BCUT2D eigenvalue weighted by Crippen LogP contribution is 2.34. The molecule has 0 saturated carbocycles. The highest BCUT2D eigenvalue weighted by molar-refractivity contribution is 9.10. The SMILES string of the molecule is COc1ccc(CC(=O)Nc2ccc(C(=O)N(CC(=O)O)Cc3ccc(Br)cc3)cc2)c(C(F)(F)F)c1. The minimum absolute atomic E-state index is 0.0221. The van der Waals surface area contributed by atoms with Gasteiger partial charge in [-0.3, -0.25) is 14.4 Å². The smallest absolute Gasteiger partial charge is 0.416 e. The van der Waals surface area contributed by atoms with Crippen molar-refractivity contribution in [3.63, 3.8) is 0 Å². The predicted molar refractivity (Wildman–Crippen MR) is 133 cm³/mol. The number of aliphatic carboxylic acids is 1. The van der Waals surface area contributed by atoms with E-state index in [0.717, 1.165) is 16.1 Å². The molecule has 0 bridgehead atoms. The molecule has 3 aromatic carbocycles. The molecule has 2 N–H and O–H groups in total. The standard InChI is InChI=1S/C26H22BrF3N2O5/c1-37-21-11-6-18(22(13-21)26(28,29)30)12-23(33)31-20-9-4-17(5-10-20)25(36)32(15-24(34)35)14-16-2-7-19(27)8-3-16/h2-11,13H,12,14-15H2,1H3,(H,31,33)(H,34,35). The highest BCUT2D eigenvalue weighted by Gasteiger charge is 2.34. The number of carboxylic acid groups (broad SMARTS) is 1. The molecule has 0 aromatic heterocycles. The van der Waals surface area contributed by atoms with Gasteiger partial charge < -0.3 is 20.1 Å². The molecule has 0 aliphatic carbocycles. The topological polar surface area (TPSA) is 95.9 Å². The number of benzene rings is 3. The zero-order chi connectivity index (χ0) is 27.2. The molecule has 194 valence electrons. The van der Waals surface area contributed by atoms with Crippen molar-refractivity contribution < 1.29 is 37.4 Å². The average molecular weight is 579 g/mol. The maximum absolute atomic E-state index is 13.4. The van der Waals surface area contributed by atoms with Gasteiger partial charge in [-0.1, -0.05) is 34.1 Å². The van der Waals surface area contributed by atoms with Crippen LogP contribution >= 0.6 is 15.9 Å². The van der Waals surface area contributed by atoms with Crippen LogP contribution in [0.3, 0.4) is 0 Å². The van der Waals surface area contributed by atoms with Crippen LogP contribution in [0.5, 0.6) is 5.75 Å². The molecule has 11 heteroatoms. The monoisotopic (exact) mass is 578 g/mol. The number of hydrogen-bond acceptors (Lipinski definition) is 4. The molecule has 0 aliphatic heterocycles. The largest absolute Gasteiger partial charge is 0.497 e. The number of ether oxygens (including phenoxy) is 1. The molecular formula is C26H22BrF3N2O5. The summed E-state index contributed by atoms with van der Waals surface area (Å²) in [6, 6.07) is 16.1. The summed E-state index contributed by atoms with van der Waals surface area (Å²) in [6.07, 6.45) is -5.19. The summed E-state index contributed by atoms with van der Waals surface area (Å²) in [4.78, 5) is 37.9. The molecular weight excluding hydrogens is 557 g/mol. The second-order valence-electron chi connectivity index (χ2n) is 8.00. The Balaban J connectivity index is 1.70. The van der Waals surface area contributed by atoms with Gasteiger partial charge in [-0.2, -0.15) is 13.2 Å². The Morgan fingerprint density at radius 1 is 1.00 bits per heavy atom. The Morgan fingerprint density at radius 3 is 2.22 bits per heavy atom. The minimum Gasteiger partial charge on any atom is -0.497 e. The lowest BCUT2D eigenvalue weighted by atomic mass is 10.0. The first-order chi connectivity index (χ1) is 17.5. The summed E-state index contributed by atoms with van der Waals surface area (Å²) in [7, 11) is 1.25. The zero-order valence-corrected chi connectivity index (χ0v) is 21.1. The number of methoxy groups -OCH3 is 1. The third kappa shape index (κ3) is 7.81. The third-order valence-corrected chi connectivity index (χ3v) is 5.82. The summed E-state index contributed by atoms with van der Waals surface area (Å²) in [6.45, 7) is -0.447. The Labute approximate surface area is 219 Å². The summed E-state index contributed by atoms with van der Waals surface area (Å²) < 4.78 is 45.9. The zero-order valence-electron chi connectivity index (χ0n) is 19.5. The number of nitrogens with one attached hydrogen (secondary N) is 1. The van der Waals surface area contributed by atoms with Crippen molar-refractivity contribution in [2.75, 3.05) is 19.0 Å². The summed E-state index contributed by atoms with van der Waals surface area (Å²) >= 11 is 3.32. The predicted octanol–water partition coefficient (Wildman–Crippen LogP) is 5.38. The first kappa shape index (κ1) is 27.7. The maximum Gasteiger partial charge on any atom is 0.416 e. The quantitative estimate of drug-likeness (QED) is 0.355. The van der Waals surface area contributed by atoms with Gasteiger partial charge in [-0.15, -0.1) is 0 Å². The molecule has 3 rings (SSSR count). The number of alkyl halides is 3. The third-order valence-electron chi connectivity index (χ3n) is 5.29. The van der Waals surface area contributed by atoms with Gasteiger partial charge in [0.25, 0.3) is 5.91 Å². The molecule has 0 atom stereocenters. The molecule has 7 nitrogen and oxygen atoms in total. The van der Waals surface area contributed by atoms with E-state index in [1.54, 1.807) is 24.3 Å². The molecule has 0 heterocycles. The number of carbonyl (C=O) groups is 3. The lowest BCUT2D eigenvalue weighted by Gasteiger charge is -2.21. The van der Waals surface area contributed by atoms with Crippen molar-refractivity contribution in [3.8, 4) is 5.75 Å². The van der Waals surface area contributed by atoms with Crippen LogP contribution in [-0.4, -0.2) is 41.4 Å². The van der Waals surface area contributed by atoms with Crippen molar-refractivity contribution in [3.05, 3.63) is 93.5 Å². The maximum atomic E-state index is 13.4. The van der Waals surface area contributed by atoms with Gasteiger partial charge in [0.1, 0.15) is 12.3 Å². The minimum atomic E-state index is -4.66. The second kappa shape index (κ2) is 11.9. The number of carbonyl (C=O) groups excluding carboxylic acids is 2. The number of halogens is 4. The number of carboxylic acids is 1. The fraction of sp³-hybridized carbons (Fsp3) is 0.192. The number of anilines is 1. The van der Waals surface area contributed by atoms with Crippen molar-refractivity contribution in [2.45, 2.75) is 19.1 Å². The van der Waals surface area contributed by atoms with Gasteiger partial charge in [0.15, 0.2) is 0 Å². The van der Waals surface area contributed by atoms with E-state index in [9.17, 15) is 32.7 Å². The van der Waals surface area contributed by atoms with E-state index in [0.29, 0.717) is 0 Å². The normalized spacial score (nSPS) is 11.1. The van der Waals surface area contributed by atoms with Crippen LogP contribution in [-0.2, 0) is 28.7 Å².